The Labute approximate surface area is 167 Å². The lowest BCUT2D eigenvalue weighted by molar-refractivity contribution is -0.123. The Morgan fingerprint density at radius 1 is 0.929 bits per heavy atom. The van der Waals surface area contributed by atoms with Gasteiger partial charge in [-0.3, -0.25) is 4.79 Å². The largest absolute Gasteiger partial charge is 0.444 e. The average Bonchev–Trinajstić information content (AvgIpc) is 2.63. The highest BCUT2D eigenvalue weighted by atomic mass is 16.6. The molecule has 0 spiro atoms. The van der Waals surface area contributed by atoms with Gasteiger partial charge in [0.15, 0.2) is 0 Å². The molecule has 0 saturated carbocycles. The molecule has 2 N–H and O–H groups in total. The first-order valence-electron chi connectivity index (χ1n) is 9.58. The van der Waals surface area contributed by atoms with Crippen LogP contribution in [0, 0.1) is 5.92 Å². The van der Waals surface area contributed by atoms with Crippen LogP contribution in [0.1, 0.15) is 46.2 Å². The van der Waals surface area contributed by atoms with E-state index < -0.39 is 17.7 Å². The first-order chi connectivity index (χ1) is 13.2. The zero-order chi connectivity index (χ0) is 20.7. The summed E-state index contributed by atoms with van der Waals surface area (Å²) in [6, 6.07) is 16.8. The second-order valence-corrected chi connectivity index (χ2v) is 8.21. The van der Waals surface area contributed by atoms with Gasteiger partial charge in [0.2, 0.25) is 5.91 Å². The number of rotatable bonds is 6. The van der Waals surface area contributed by atoms with Gasteiger partial charge in [0.25, 0.3) is 0 Å². The van der Waals surface area contributed by atoms with Gasteiger partial charge in [0.1, 0.15) is 11.6 Å². The maximum atomic E-state index is 12.7. The quantitative estimate of drug-likeness (QED) is 0.761. The van der Waals surface area contributed by atoms with E-state index in [1.807, 2.05) is 68.4 Å². The smallest absolute Gasteiger partial charge is 0.408 e. The second-order valence-electron chi connectivity index (χ2n) is 8.21. The zero-order valence-electron chi connectivity index (χ0n) is 17.3. The van der Waals surface area contributed by atoms with Gasteiger partial charge >= 0.3 is 6.09 Å². The predicted octanol–water partition coefficient (Wildman–Crippen LogP) is 4.69. The molecule has 2 amide bonds. The van der Waals surface area contributed by atoms with Crippen LogP contribution in [-0.2, 0) is 9.53 Å². The molecule has 0 radical (unpaired) electrons. The van der Waals surface area contributed by atoms with Crippen LogP contribution in [0.25, 0.3) is 11.1 Å². The van der Waals surface area contributed by atoms with E-state index in [1.165, 1.54) is 0 Å². The number of nitrogens with one attached hydrogen (secondary N) is 2. The predicted molar refractivity (Wildman–Crippen MR) is 112 cm³/mol. The zero-order valence-corrected chi connectivity index (χ0v) is 17.3. The summed E-state index contributed by atoms with van der Waals surface area (Å²) in [5.74, 6) is 0.0543. The summed E-state index contributed by atoms with van der Waals surface area (Å²) >= 11 is 0. The van der Waals surface area contributed by atoms with Gasteiger partial charge < -0.3 is 15.4 Å². The van der Waals surface area contributed by atoms with Crippen LogP contribution in [0.15, 0.2) is 54.6 Å². The van der Waals surface area contributed by atoms with Crippen molar-refractivity contribution in [3.8, 4) is 11.1 Å². The third kappa shape index (κ3) is 6.72. The highest BCUT2D eigenvalue weighted by Crippen LogP contribution is 2.22. The van der Waals surface area contributed by atoms with Crippen LogP contribution in [-0.4, -0.2) is 24.1 Å². The van der Waals surface area contributed by atoms with Crippen LogP contribution < -0.4 is 10.6 Å². The molecule has 28 heavy (non-hydrogen) atoms. The van der Waals surface area contributed by atoms with E-state index in [2.05, 4.69) is 10.6 Å². The number of carbonyl (C=O) groups excluding carboxylic acids is 2. The van der Waals surface area contributed by atoms with E-state index in [4.69, 9.17) is 4.74 Å². The van der Waals surface area contributed by atoms with Crippen molar-refractivity contribution in [3.63, 3.8) is 0 Å². The van der Waals surface area contributed by atoms with E-state index in [9.17, 15) is 9.59 Å². The Bertz CT molecular complexity index is 778. The molecule has 5 nitrogen and oxygen atoms in total. The summed E-state index contributed by atoms with van der Waals surface area (Å²) in [7, 11) is 0. The van der Waals surface area contributed by atoms with Crippen LogP contribution in [0.5, 0.6) is 0 Å². The lowest BCUT2D eigenvalue weighted by atomic mass is 10.00. The Hall–Kier alpha value is -2.82. The minimum atomic E-state index is -0.821. The van der Waals surface area contributed by atoms with Crippen molar-refractivity contribution in [2.24, 2.45) is 5.92 Å². The number of alkyl carbamates (subject to hydrolysis) is 1. The normalized spacial score (nSPS) is 12.4. The first kappa shape index (κ1) is 21.5. The van der Waals surface area contributed by atoms with Crippen LogP contribution in [0.3, 0.4) is 0 Å². The van der Waals surface area contributed by atoms with E-state index in [0.717, 1.165) is 11.1 Å². The van der Waals surface area contributed by atoms with E-state index >= 15 is 0 Å². The molecule has 1 unspecified atom stereocenters. The minimum Gasteiger partial charge on any atom is -0.444 e. The molecule has 2 aromatic carbocycles. The molecule has 0 aliphatic carbocycles. The van der Waals surface area contributed by atoms with Gasteiger partial charge in [0, 0.05) is 6.54 Å². The topological polar surface area (TPSA) is 67.4 Å². The standard InChI is InChI=1S/C23H30N2O3/c1-16(2)15-24-21(26)20(25-22(27)28-23(3,4)5)19-13-11-18(12-14-19)17-9-7-6-8-10-17/h6-14,16,20H,15H2,1-5H3,(H,24,26)(H,25,27). The number of hydrogen-bond acceptors (Lipinski definition) is 3. The van der Waals surface area contributed by atoms with Gasteiger partial charge in [-0.15, -0.1) is 0 Å². The van der Waals surface area contributed by atoms with Gasteiger partial charge in [-0.1, -0.05) is 68.4 Å². The highest BCUT2D eigenvalue weighted by Gasteiger charge is 2.25. The van der Waals surface area contributed by atoms with Crippen molar-refractivity contribution in [3.05, 3.63) is 60.2 Å². The van der Waals surface area contributed by atoms with Gasteiger partial charge in [-0.2, -0.15) is 0 Å². The molecule has 0 aliphatic rings. The molecule has 150 valence electrons. The summed E-state index contributed by atoms with van der Waals surface area (Å²) in [5.41, 5.74) is 2.20. The lowest BCUT2D eigenvalue weighted by Crippen LogP contribution is -2.43. The van der Waals surface area contributed by atoms with Crippen LogP contribution in [0.2, 0.25) is 0 Å². The molecule has 2 aromatic rings. The number of carbonyl (C=O) groups is 2. The summed E-state index contributed by atoms with van der Waals surface area (Å²) in [4.78, 5) is 25.0. The summed E-state index contributed by atoms with van der Waals surface area (Å²) in [6.45, 7) is 9.93. The average molecular weight is 383 g/mol. The van der Waals surface area contributed by atoms with Crippen LogP contribution >= 0.6 is 0 Å². The fraction of sp³-hybridized carbons (Fsp3) is 0.391. The Kier molecular flexibility index (Phi) is 7.21. The van der Waals surface area contributed by atoms with Crippen molar-refractivity contribution in [2.45, 2.75) is 46.3 Å². The third-order valence-corrected chi connectivity index (χ3v) is 3.96. The summed E-state index contributed by atoms with van der Waals surface area (Å²) in [6.07, 6.45) is -0.621. The number of amides is 2. The SMILES string of the molecule is CC(C)CNC(=O)C(NC(=O)OC(C)(C)C)c1ccc(-c2ccccc2)cc1. The third-order valence-electron chi connectivity index (χ3n) is 3.96. The van der Waals surface area contributed by atoms with E-state index in [-0.39, 0.29) is 5.91 Å². The Balaban J connectivity index is 2.22. The summed E-state index contributed by atoms with van der Waals surface area (Å²) in [5, 5.41) is 5.59. The maximum Gasteiger partial charge on any atom is 0.408 e. The number of benzene rings is 2. The molecule has 0 aromatic heterocycles. The molecular formula is C23H30N2O3. The molecule has 0 fully saturated rings. The van der Waals surface area contributed by atoms with Gasteiger partial charge in [-0.05, 0) is 43.4 Å². The molecular weight excluding hydrogens is 352 g/mol. The highest BCUT2D eigenvalue weighted by molar-refractivity contribution is 5.87. The monoisotopic (exact) mass is 382 g/mol. The van der Waals surface area contributed by atoms with Gasteiger partial charge in [0.05, 0.1) is 0 Å². The van der Waals surface area contributed by atoms with E-state index in [1.54, 1.807) is 20.8 Å². The number of hydrogen-bond donors (Lipinski definition) is 2. The van der Waals surface area contributed by atoms with Crippen molar-refractivity contribution in [1.82, 2.24) is 10.6 Å². The molecule has 5 heteroatoms. The van der Waals surface area contributed by atoms with Crippen molar-refractivity contribution < 1.29 is 14.3 Å². The molecule has 1 atom stereocenters. The van der Waals surface area contributed by atoms with Crippen molar-refractivity contribution >= 4 is 12.0 Å². The molecule has 0 heterocycles. The molecule has 0 bridgehead atoms. The minimum absolute atomic E-state index is 0.257. The molecule has 0 saturated heterocycles. The fourth-order valence-electron chi connectivity index (χ4n) is 2.63. The Morgan fingerprint density at radius 2 is 1.50 bits per heavy atom. The Morgan fingerprint density at radius 3 is 2.04 bits per heavy atom. The first-order valence-corrected chi connectivity index (χ1v) is 9.58. The molecule has 2 rings (SSSR count). The van der Waals surface area contributed by atoms with Crippen molar-refractivity contribution in [2.75, 3.05) is 6.54 Å². The molecule has 0 aliphatic heterocycles. The van der Waals surface area contributed by atoms with Crippen molar-refractivity contribution in [1.29, 1.82) is 0 Å². The summed E-state index contributed by atoms with van der Waals surface area (Å²) < 4.78 is 5.33. The lowest BCUT2D eigenvalue weighted by Gasteiger charge is -2.24. The maximum absolute atomic E-state index is 12.7. The fourth-order valence-corrected chi connectivity index (χ4v) is 2.63. The van der Waals surface area contributed by atoms with Crippen LogP contribution in [0.4, 0.5) is 4.79 Å². The second kappa shape index (κ2) is 9.40. The van der Waals surface area contributed by atoms with E-state index in [0.29, 0.717) is 18.0 Å². The van der Waals surface area contributed by atoms with Gasteiger partial charge in [-0.25, -0.2) is 4.79 Å². The number of ether oxygens (including phenoxy) is 1.